The molecule has 0 N–H and O–H groups in total. The van der Waals surface area contributed by atoms with Crippen LogP contribution in [-0.2, 0) is 4.79 Å². The number of likely N-dealkylation sites (tertiary alicyclic amines) is 1. The SMILES string of the molecule is O=C(C1C=C(c2ccccc2)SC1Br)N1CCCCCC1. The summed E-state index contributed by atoms with van der Waals surface area (Å²) < 4.78 is 0.156. The van der Waals surface area contributed by atoms with E-state index in [-0.39, 0.29) is 16.0 Å². The predicted octanol–water partition coefficient (Wildman–Crippen LogP) is 4.51. The van der Waals surface area contributed by atoms with Gasteiger partial charge >= 0.3 is 0 Å². The lowest BCUT2D eigenvalue weighted by atomic mass is 10.1. The number of benzene rings is 1. The highest BCUT2D eigenvalue weighted by molar-refractivity contribution is 9.11. The van der Waals surface area contributed by atoms with Crippen LogP contribution in [0.1, 0.15) is 31.2 Å². The molecule has 1 amide bonds. The van der Waals surface area contributed by atoms with Gasteiger partial charge in [0.2, 0.25) is 5.91 Å². The van der Waals surface area contributed by atoms with Crippen LogP contribution in [0.15, 0.2) is 36.4 Å². The van der Waals surface area contributed by atoms with Gasteiger partial charge in [-0.3, -0.25) is 4.79 Å². The Hall–Kier alpha value is -0.740. The molecule has 0 aromatic heterocycles. The molecule has 0 saturated carbocycles. The maximum atomic E-state index is 12.8. The Labute approximate surface area is 139 Å². The van der Waals surface area contributed by atoms with Gasteiger partial charge in [0.1, 0.15) is 0 Å². The Morgan fingerprint density at radius 1 is 1.10 bits per heavy atom. The highest BCUT2D eigenvalue weighted by atomic mass is 79.9. The number of alkyl halides is 1. The maximum Gasteiger partial charge on any atom is 0.231 e. The maximum absolute atomic E-state index is 12.8. The van der Waals surface area contributed by atoms with Crippen LogP contribution in [0.4, 0.5) is 0 Å². The Bertz CT molecular complexity index is 523. The fourth-order valence-electron chi connectivity index (χ4n) is 2.92. The zero-order valence-corrected chi connectivity index (χ0v) is 14.4. The fourth-order valence-corrected chi connectivity index (χ4v) is 4.99. The summed E-state index contributed by atoms with van der Waals surface area (Å²) in [7, 11) is 0. The van der Waals surface area contributed by atoms with Crippen LogP contribution in [0.3, 0.4) is 0 Å². The molecular formula is C17H20BrNOS. The van der Waals surface area contributed by atoms with Gasteiger partial charge in [-0.05, 0) is 18.4 Å². The molecule has 21 heavy (non-hydrogen) atoms. The van der Waals surface area contributed by atoms with Gasteiger partial charge < -0.3 is 4.90 Å². The number of nitrogens with zero attached hydrogens (tertiary/aromatic N) is 1. The van der Waals surface area contributed by atoms with E-state index in [2.05, 4.69) is 39.0 Å². The van der Waals surface area contributed by atoms with Crippen molar-refractivity contribution in [1.29, 1.82) is 0 Å². The molecule has 0 radical (unpaired) electrons. The van der Waals surface area contributed by atoms with Crippen molar-refractivity contribution in [3.8, 4) is 0 Å². The molecule has 0 bridgehead atoms. The standard InChI is InChI=1S/C17H20BrNOS/c18-16-14(17(20)19-10-6-1-2-7-11-19)12-15(21-16)13-8-4-3-5-9-13/h3-5,8-9,12,14,16H,1-2,6-7,10-11H2. The summed E-state index contributed by atoms with van der Waals surface area (Å²) in [5, 5.41) is 0. The van der Waals surface area contributed by atoms with Crippen molar-refractivity contribution in [2.24, 2.45) is 5.92 Å². The summed E-state index contributed by atoms with van der Waals surface area (Å²) in [5.74, 6) is 0.250. The summed E-state index contributed by atoms with van der Waals surface area (Å²) >= 11 is 5.45. The molecule has 2 aliphatic heterocycles. The first-order valence-corrected chi connectivity index (χ1v) is 9.42. The van der Waals surface area contributed by atoms with Gasteiger partial charge in [0, 0.05) is 18.0 Å². The molecule has 0 spiro atoms. The van der Waals surface area contributed by atoms with Crippen molar-refractivity contribution < 1.29 is 4.79 Å². The number of rotatable bonds is 2. The van der Waals surface area contributed by atoms with Gasteiger partial charge in [-0.25, -0.2) is 0 Å². The van der Waals surface area contributed by atoms with Gasteiger partial charge in [0.05, 0.1) is 10.1 Å². The van der Waals surface area contributed by atoms with E-state index in [1.165, 1.54) is 23.3 Å². The minimum absolute atomic E-state index is 0.0386. The molecule has 3 rings (SSSR count). The summed E-state index contributed by atoms with van der Waals surface area (Å²) in [4.78, 5) is 16.1. The molecule has 2 heterocycles. The molecule has 2 nitrogen and oxygen atoms in total. The number of hydrogen-bond acceptors (Lipinski definition) is 2. The van der Waals surface area contributed by atoms with Crippen molar-refractivity contribution in [3.63, 3.8) is 0 Å². The average Bonchev–Trinajstić information content (AvgIpc) is 2.74. The molecule has 4 heteroatoms. The van der Waals surface area contributed by atoms with Crippen LogP contribution in [0, 0.1) is 5.92 Å². The van der Waals surface area contributed by atoms with Crippen LogP contribution >= 0.6 is 27.7 Å². The summed E-state index contributed by atoms with van der Waals surface area (Å²) in [6.45, 7) is 1.85. The zero-order chi connectivity index (χ0) is 14.7. The second kappa shape index (κ2) is 7.01. The van der Waals surface area contributed by atoms with E-state index in [1.54, 1.807) is 11.8 Å². The Balaban J connectivity index is 1.75. The number of carbonyl (C=O) groups excluding carboxylic acids is 1. The van der Waals surface area contributed by atoms with Crippen molar-refractivity contribution in [1.82, 2.24) is 4.90 Å². The first-order valence-electron chi connectivity index (χ1n) is 7.62. The second-order valence-corrected chi connectivity index (χ2v) is 8.41. The monoisotopic (exact) mass is 365 g/mol. The topological polar surface area (TPSA) is 20.3 Å². The lowest BCUT2D eigenvalue weighted by Gasteiger charge is -2.24. The summed E-state index contributed by atoms with van der Waals surface area (Å²) in [6, 6.07) is 10.3. The third-order valence-electron chi connectivity index (χ3n) is 4.11. The van der Waals surface area contributed by atoms with Gasteiger partial charge in [-0.2, -0.15) is 0 Å². The van der Waals surface area contributed by atoms with Crippen LogP contribution in [-0.4, -0.2) is 28.1 Å². The zero-order valence-electron chi connectivity index (χ0n) is 12.0. The predicted molar refractivity (Wildman–Crippen MR) is 93.3 cm³/mol. The van der Waals surface area contributed by atoms with Crippen LogP contribution in [0.5, 0.6) is 0 Å². The third-order valence-corrected chi connectivity index (χ3v) is 6.39. The highest BCUT2D eigenvalue weighted by Gasteiger charge is 2.35. The van der Waals surface area contributed by atoms with E-state index >= 15 is 0 Å². The largest absolute Gasteiger partial charge is 0.342 e. The number of carbonyl (C=O) groups is 1. The molecule has 1 aromatic carbocycles. The summed E-state index contributed by atoms with van der Waals surface area (Å²) in [6.07, 6.45) is 6.95. The Morgan fingerprint density at radius 3 is 2.43 bits per heavy atom. The van der Waals surface area contributed by atoms with Crippen molar-refractivity contribution in [2.45, 2.75) is 29.8 Å². The van der Waals surface area contributed by atoms with Gasteiger partial charge in [0.15, 0.2) is 0 Å². The number of amides is 1. The summed E-state index contributed by atoms with van der Waals surface area (Å²) in [5.41, 5.74) is 1.21. The Kier molecular flexibility index (Phi) is 5.07. The van der Waals surface area contributed by atoms with E-state index in [1.807, 2.05) is 18.2 Å². The lowest BCUT2D eigenvalue weighted by molar-refractivity contribution is -0.133. The van der Waals surface area contributed by atoms with E-state index in [9.17, 15) is 4.79 Å². The Morgan fingerprint density at radius 2 is 1.76 bits per heavy atom. The normalized spacial score (nSPS) is 26.3. The van der Waals surface area contributed by atoms with Crippen LogP contribution in [0.25, 0.3) is 4.91 Å². The quantitative estimate of drug-likeness (QED) is 0.718. The molecule has 2 aliphatic rings. The number of thioether (sulfide) groups is 1. The molecule has 2 unspecified atom stereocenters. The molecule has 0 aliphatic carbocycles. The van der Waals surface area contributed by atoms with E-state index in [0.717, 1.165) is 25.9 Å². The minimum atomic E-state index is -0.0386. The molecule has 1 aromatic rings. The third kappa shape index (κ3) is 3.54. The lowest BCUT2D eigenvalue weighted by Crippen LogP contribution is -2.37. The molecule has 1 saturated heterocycles. The smallest absolute Gasteiger partial charge is 0.231 e. The van der Waals surface area contributed by atoms with Gasteiger partial charge in [-0.1, -0.05) is 65.2 Å². The van der Waals surface area contributed by atoms with Crippen molar-refractivity contribution in [3.05, 3.63) is 42.0 Å². The number of hydrogen-bond donors (Lipinski definition) is 0. The molecule has 1 fully saturated rings. The van der Waals surface area contributed by atoms with Gasteiger partial charge in [0.25, 0.3) is 0 Å². The fraction of sp³-hybridized carbons (Fsp3) is 0.471. The minimum Gasteiger partial charge on any atom is -0.342 e. The molecular weight excluding hydrogens is 346 g/mol. The van der Waals surface area contributed by atoms with Gasteiger partial charge in [-0.15, -0.1) is 11.8 Å². The first-order chi connectivity index (χ1) is 10.3. The molecule has 112 valence electrons. The van der Waals surface area contributed by atoms with Crippen LogP contribution < -0.4 is 0 Å². The first kappa shape index (κ1) is 15.2. The second-order valence-electron chi connectivity index (χ2n) is 5.63. The van der Waals surface area contributed by atoms with E-state index in [0.29, 0.717) is 0 Å². The average molecular weight is 366 g/mol. The number of halogens is 1. The van der Waals surface area contributed by atoms with E-state index < -0.39 is 0 Å². The van der Waals surface area contributed by atoms with Crippen LogP contribution in [0.2, 0.25) is 0 Å². The highest BCUT2D eigenvalue weighted by Crippen LogP contribution is 2.45. The molecule has 2 atom stereocenters. The van der Waals surface area contributed by atoms with Crippen molar-refractivity contribution in [2.75, 3.05) is 13.1 Å². The van der Waals surface area contributed by atoms with E-state index in [4.69, 9.17) is 0 Å². The van der Waals surface area contributed by atoms with Crippen molar-refractivity contribution >= 4 is 38.5 Å².